The molecule has 8 aliphatic rings. The molecule has 6 bridgehead atoms. The van der Waals surface area contributed by atoms with Crippen molar-refractivity contribution < 1.29 is 65.1 Å². The molecule has 0 saturated carbocycles. The first-order valence-corrected chi connectivity index (χ1v) is 39.3. The topological polar surface area (TPSA) is 164 Å². The minimum absolute atomic E-state index is 0.000360. The molecule has 1 N–H and O–H groups in total. The van der Waals surface area contributed by atoms with Gasteiger partial charge in [-0.05, 0) is 134 Å². The molecule has 0 aromatic heterocycles. The van der Waals surface area contributed by atoms with Crippen molar-refractivity contribution in [2.75, 3.05) is 13.2 Å². The summed E-state index contributed by atoms with van der Waals surface area (Å²) in [6.07, 6.45) is 0.785. The third-order valence-corrected chi connectivity index (χ3v) is 32.2. The van der Waals surface area contributed by atoms with Gasteiger partial charge in [0.15, 0.2) is 32.3 Å². The number of fused-ring (bicyclic) bond motifs is 1. The summed E-state index contributed by atoms with van der Waals surface area (Å²) in [5.41, 5.74) is 1.47. The minimum Gasteiger partial charge on any atom is -0.458 e. The molecule has 10 rings (SSSR count). The van der Waals surface area contributed by atoms with E-state index in [1.807, 2.05) is 24.3 Å². The molecule has 18 heteroatoms. The van der Waals surface area contributed by atoms with Crippen molar-refractivity contribution in [2.24, 2.45) is 17.8 Å². The number of sulfone groups is 1. The highest BCUT2D eigenvalue weighted by Gasteiger charge is 2.69. The van der Waals surface area contributed by atoms with Crippen LogP contribution in [0.5, 0.6) is 0 Å². The van der Waals surface area contributed by atoms with Crippen LogP contribution in [0.4, 0.5) is 0 Å². The van der Waals surface area contributed by atoms with Crippen molar-refractivity contribution >= 4 is 48.4 Å². The summed E-state index contributed by atoms with van der Waals surface area (Å²) >= 11 is 3.50. The molecule has 8 fully saturated rings. The molecular weight excluding hydrogens is 1170 g/mol. The van der Waals surface area contributed by atoms with Crippen LogP contribution in [0.2, 0.25) is 36.3 Å². The van der Waals surface area contributed by atoms with Crippen molar-refractivity contribution in [2.45, 2.75) is 277 Å². The third-order valence-electron chi connectivity index (χ3n) is 20.4. The van der Waals surface area contributed by atoms with Crippen molar-refractivity contribution in [1.82, 2.24) is 0 Å². The average molecular weight is 1270 g/mol. The maximum Gasteiger partial charge on any atom is 0.338 e. The van der Waals surface area contributed by atoms with Crippen molar-refractivity contribution in [1.29, 1.82) is 0 Å². The third kappa shape index (κ3) is 15.0. The molecule has 0 amide bonds. The molecule has 2 aromatic rings. The Labute approximate surface area is 507 Å². The van der Waals surface area contributed by atoms with E-state index in [0.717, 1.165) is 49.6 Å². The lowest BCUT2D eigenvalue weighted by molar-refractivity contribution is -0.293. The highest BCUT2D eigenvalue weighted by atomic mass is 79.9. The van der Waals surface area contributed by atoms with Crippen molar-refractivity contribution in [3.8, 4) is 0 Å². The molecule has 83 heavy (non-hydrogen) atoms. The van der Waals surface area contributed by atoms with Gasteiger partial charge in [0, 0.05) is 51.2 Å². The monoisotopic (exact) mass is 1270 g/mol. The summed E-state index contributed by atoms with van der Waals surface area (Å²) in [7, 11) is -7.96. The Kier molecular flexibility index (Phi) is 21.5. The highest BCUT2D eigenvalue weighted by Crippen LogP contribution is 2.55. The molecular formula is C65H99BrO14SSi2. The number of esters is 1. The quantitative estimate of drug-likeness (QED) is 0.0370. The summed E-state index contributed by atoms with van der Waals surface area (Å²) in [6.45, 7) is 32.5. The zero-order valence-electron chi connectivity index (χ0n) is 51.3. The summed E-state index contributed by atoms with van der Waals surface area (Å²) in [5.74, 6) is -1.71. The van der Waals surface area contributed by atoms with E-state index in [4.69, 9.17) is 46.7 Å². The van der Waals surface area contributed by atoms with Gasteiger partial charge in [0.25, 0.3) is 0 Å². The summed E-state index contributed by atoms with van der Waals surface area (Å²) < 4.78 is 100. The first-order chi connectivity index (χ1) is 39.4. The number of ether oxygens (including phenoxy) is 8. The standard InChI is InChI=1S/C65H99BrO14SSi2/c1-13-83(14-2,15-3)71-32-22-25-46-34-42(5)44(7)54(73-46)38-55-51(36-49(74-55)33-41(4)40-72-82(11,12)64(8,9)10)62(81(69,70)50-26-20-17-21-27-50)52(67)37-47-28-29-53-57(75-47)61-60-59(77-53)58-56(78-60)39-65(79-58,80-61)31-30-48(35-43(6)66)76-63(68)45-23-18-16-19-24-45/h16-21,23-24,26-27,41-42,46-49,51-62,67H,6-7,13-15,22,25,28-40H2,1-5,8-12H3/t41-,42+,46-,47+,48+,49+,51?,52?,53-,54?,55-,56?,57-,58-,59-,60+,61?,62?,65-/m0/s1. The predicted octanol–water partition coefficient (Wildman–Crippen LogP) is 13.2. The van der Waals surface area contributed by atoms with Crippen LogP contribution >= 0.6 is 15.9 Å². The lowest BCUT2D eigenvalue weighted by atomic mass is 9.81. The molecule has 8 heterocycles. The zero-order chi connectivity index (χ0) is 59.6. The Morgan fingerprint density at radius 3 is 2.17 bits per heavy atom. The first-order valence-electron chi connectivity index (χ1n) is 31.5. The Balaban J connectivity index is 0.946. The van der Waals surface area contributed by atoms with Crippen LogP contribution in [0.3, 0.4) is 0 Å². The molecule has 6 unspecified atom stereocenters. The lowest BCUT2D eigenvalue weighted by Crippen LogP contribution is -2.62. The number of carbonyl (C=O) groups is 1. The zero-order valence-corrected chi connectivity index (χ0v) is 55.8. The first kappa shape index (κ1) is 65.3. The molecule has 0 aliphatic carbocycles. The van der Waals surface area contributed by atoms with Crippen LogP contribution in [0.25, 0.3) is 0 Å². The normalized spacial score (nSPS) is 34.0. The van der Waals surface area contributed by atoms with Crippen LogP contribution < -0.4 is 0 Å². The number of hydrogen-bond donors (Lipinski definition) is 1. The second-order valence-electron chi connectivity index (χ2n) is 27.2. The number of rotatable bonds is 28. The van der Waals surface area contributed by atoms with Crippen LogP contribution in [-0.2, 0) is 56.6 Å². The van der Waals surface area contributed by atoms with Crippen molar-refractivity contribution in [3.05, 3.63) is 89.4 Å². The van der Waals surface area contributed by atoms with Gasteiger partial charge in [0.05, 0.1) is 64.5 Å². The molecule has 2 aromatic carbocycles. The lowest BCUT2D eigenvalue weighted by Gasteiger charge is -2.48. The number of aliphatic hydroxyl groups is 1. The Hall–Kier alpha value is -2.15. The SMILES string of the molecule is C=C(Br)C[C@@H](CC[C@@]12CC3O[C@H]4C(O1)[C@H]1O[C@@H](CC(O)C(C5C[C@@H](C[C@H](C)CO[Si](C)(C)C(C)(C)C)O[C@H]5CC5O[C@@H](CCCO[Si](CC)(CC)CC)C[C@@H](C)C5=C)S(=O)(=O)c5ccccc5)CC[C@@H]1O[C@H]4[C@H]3O2)OC(=O)c1ccccc1. The second kappa shape index (κ2) is 27.3. The Bertz CT molecular complexity index is 2590. The van der Waals surface area contributed by atoms with E-state index >= 15 is 8.42 Å². The largest absolute Gasteiger partial charge is 0.458 e. The van der Waals surface area contributed by atoms with Gasteiger partial charge in [0.1, 0.15) is 36.6 Å². The number of benzene rings is 2. The molecule has 8 saturated heterocycles. The van der Waals surface area contributed by atoms with E-state index in [2.05, 4.69) is 97.6 Å². The van der Waals surface area contributed by atoms with Crippen molar-refractivity contribution in [3.63, 3.8) is 0 Å². The van der Waals surface area contributed by atoms with Crippen LogP contribution in [-0.4, -0.2) is 146 Å². The van der Waals surface area contributed by atoms with E-state index in [1.165, 1.54) is 0 Å². The van der Waals surface area contributed by atoms with Crippen LogP contribution in [0.1, 0.15) is 149 Å². The van der Waals surface area contributed by atoms with Gasteiger partial charge >= 0.3 is 5.97 Å². The minimum atomic E-state index is -4.18. The summed E-state index contributed by atoms with van der Waals surface area (Å²) in [5, 5.41) is 11.8. The number of halogens is 1. The number of hydrogen-bond acceptors (Lipinski definition) is 14. The number of carbonyl (C=O) groups excluding carboxylic acids is 1. The van der Waals surface area contributed by atoms with E-state index in [-0.39, 0.29) is 70.9 Å². The maximum absolute atomic E-state index is 15.6. The van der Waals surface area contributed by atoms with E-state index in [1.54, 1.807) is 36.4 Å². The van der Waals surface area contributed by atoms with Crippen LogP contribution in [0, 0.1) is 17.8 Å². The second-order valence-corrected chi connectivity index (χ2v) is 40.0. The van der Waals surface area contributed by atoms with Gasteiger partial charge in [-0.2, -0.15) is 0 Å². The summed E-state index contributed by atoms with van der Waals surface area (Å²) in [4.78, 5) is 13.5. The fourth-order valence-electron chi connectivity index (χ4n) is 14.3. The molecule has 0 radical (unpaired) electrons. The fourth-order valence-corrected chi connectivity index (χ4v) is 20.6. The maximum atomic E-state index is 15.6. The van der Waals surface area contributed by atoms with Gasteiger partial charge < -0.3 is 51.9 Å². The smallest absolute Gasteiger partial charge is 0.338 e. The molecule has 8 aliphatic heterocycles. The van der Waals surface area contributed by atoms with Gasteiger partial charge in [0.2, 0.25) is 0 Å². The predicted molar refractivity (Wildman–Crippen MR) is 330 cm³/mol. The van der Waals surface area contributed by atoms with Gasteiger partial charge in [-0.15, -0.1) is 0 Å². The molecule has 0 spiro atoms. The average Bonchev–Trinajstić information content (AvgIpc) is 2.96. The molecule has 14 nitrogen and oxygen atoms in total. The Morgan fingerprint density at radius 2 is 1.49 bits per heavy atom. The summed E-state index contributed by atoms with van der Waals surface area (Å²) in [6, 6.07) is 20.9. The number of aliphatic hydroxyl groups excluding tert-OH is 1. The van der Waals surface area contributed by atoms with Gasteiger partial charge in [-0.1, -0.05) is 121 Å². The van der Waals surface area contributed by atoms with E-state index < -0.39 is 92.1 Å². The van der Waals surface area contributed by atoms with E-state index in [9.17, 15) is 9.90 Å². The van der Waals surface area contributed by atoms with Crippen LogP contribution in [0.15, 0.2) is 88.8 Å². The van der Waals surface area contributed by atoms with Gasteiger partial charge in [-0.25, -0.2) is 13.2 Å². The van der Waals surface area contributed by atoms with E-state index in [0.29, 0.717) is 74.4 Å². The highest BCUT2D eigenvalue weighted by molar-refractivity contribution is 9.11. The van der Waals surface area contributed by atoms with Gasteiger partial charge in [-0.3, -0.25) is 0 Å². The molecule has 464 valence electrons. The fraction of sp³-hybridized carbons (Fsp3) is 0.738. The Morgan fingerprint density at radius 1 is 0.831 bits per heavy atom. The molecule has 19 atom stereocenters.